The number of carbonyl (C=O) groups is 1. The molecule has 7 nitrogen and oxygen atoms in total. The first kappa shape index (κ1) is 21.7. The predicted octanol–water partition coefficient (Wildman–Crippen LogP) is 3.86. The van der Waals surface area contributed by atoms with E-state index in [9.17, 15) is 4.79 Å². The number of para-hydroxylation sites is 2. The SMILES string of the molecule is CCn1c(COc2ccccc2OC)nnc1SCC(=O)N[C@@H](C)c1ccccc1. The first-order chi connectivity index (χ1) is 14.6. The Bertz CT molecular complexity index is 962. The smallest absolute Gasteiger partial charge is 0.230 e. The lowest BCUT2D eigenvalue weighted by molar-refractivity contribution is -0.119. The normalized spacial score (nSPS) is 11.7. The zero-order chi connectivity index (χ0) is 21.3. The van der Waals surface area contributed by atoms with E-state index in [1.807, 2.05) is 73.0 Å². The fourth-order valence-corrected chi connectivity index (χ4v) is 3.80. The molecule has 3 aromatic rings. The molecule has 0 aliphatic carbocycles. The van der Waals surface area contributed by atoms with Gasteiger partial charge < -0.3 is 19.4 Å². The summed E-state index contributed by atoms with van der Waals surface area (Å²) in [5.41, 5.74) is 1.07. The monoisotopic (exact) mass is 426 g/mol. The van der Waals surface area contributed by atoms with Crippen molar-refractivity contribution >= 4 is 17.7 Å². The van der Waals surface area contributed by atoms with Gasteiger partial charge in [0.05, 0.1) is 18.9 Å². The van der Waals surface area contributed by atoms with Gasteiger partial charge in [0.1, 0.15) is 6.61 Å². The quantitative estimate of drug-likeness (QED) is 0.496. The number of nitrogens with one attached hydrogen (secondary N) is 1. The van der Waals surface area contributed by atoms with Crippen LogP contribution in [-0.4, -0.2) is 33.5 Å². The first-order valence-corrected chi connectivity index (χ1v) is 10.8. The zero-order valence-electron chi connectivity index (χ0n) is 17.4. The minimum absolute atomic E-state index is 0.0474. The Morgan fingerprint density at radius 1 is 1.10 bits per heavy atom. The van der Waals surface area contributed by atoms with Gasteiger partial charge >= 0.3 is 0 Å². The highest BCUT2D eigenvalue weighted by molar-refractivity contribution is 7.99. The highest BCUT2D eigenvalue weighted by atomic mass is 32.2. The molecule has 0 saturated heterocycles. The molecule has 1 amide bonds. The van der Waals surface area contributed by atoms with Crippen molar-refractivity contribution in [3.8, 4) is 11.5 Å². The average Bonchev–Trinajstić information content (AvgIpc) is 3.18. The number of thioether (sulfide) groups is 1. The second-order valence-electron chi connectivity index (χ2n) is 6.57. The average molecular weight is 427 g/mol. The summed E-state index contributed by atoms with van der Waals surface area (Å²) >= 11 is 1.36. The van der Waals surface area contributed by atoms with Crippen LogP contribution in [-0.2, 0) is 17.9 Å². The second kappa shape index (κ2) is 10.7. The lowest BCUT2D eigenvalue weighted by atomic mass is 10.1. The predicted molar refractivity (Wildman–Crippen MR) is 117 cm³/mol. The standard InChI is InChI=1S/C22H26N4O3S/c1-4-26-20(14-29-19-13-9-8-12-18(19)28-3)24-25-22(26)30-15-21(27)23-16(2)17-10-6-5-7-11-17/h5-13,16H,4,14-15H2,1-3H3,(H,23,27)/t16-/m0/s1. The number of benzene rings is 2. The van der Waals surface area contributed by atoms with Crippen LogP contribution in [0.3, 0.4) is 0 Å². The maximum Gasteiger partial charge on any atom is 0.230 e. The van der Waals surface area contributed by atoms with Gasteiger partial charge in [-0.05, 0) is 31.5 Å². The van der Waals surface area contributed by atoms with Gasteiger partial charge in [-0.2, -0.15) is 0 Å². The van der Waals surface area contributed by atoms with Crippen LogP contribution >= 0.6 is 11.8 Å². The molecule has 1 heterocycles. The highest BCUT2D eigenvalue weighted by Gasteiger charge is 2.15. The maximum absolute atomic E-state index is 12.4. The van der Waals surface area contributed by atoms with Crippen molar-refractivity contribution < 1.29 is 14.3 Å². The number of amides is 1. The van der Waals surface area contributed by atoms with Crippen molar-refractivity contribution in [1.82, 2.24) is 20.1 Å². The van der Waals surface area contributed by atoms with Gasteiger partial charge in [-0.25, -0.2) is 0 Å². The number of carbonyl (C=O) groups excluding carboxylic acids is 1. The van der Waals surface area contributed by atoms with Gasteiger partial charge in [0.25, 0.3) is 0 Å². The van der Waals surface area contributed by atoms with E-state index < -0.39 is 0 Å². The van der Waals surface area contributed by atoms with Gasteiger partial charge in [-0.1, -0.05) is 54.2 Å². The molecule has 158 valence electrons. The highest BCUT2D eigenvalue weighted by Crippen LogP contribution is 2.27. The van der Waals surface area contributed by atoms with Gasteiger partial charge in [0.15, 0.2) is 22.5 Å². The molecular weight excluding hydrogens is 400 g/mol. The van der Waals surface area contributed by atoms with Crippen LogP contribution in [0.25, 0.3) is 0 Å². The molecule has 1 aromatic heterocycles. The number of methoxy groups -OCH3 is 1. The Morgan fingerprint density at radius 2 is 1.80 bits per heavy atom. The summed E-state index contributed by atoms with van der Waals surface area (Å²) in [4.78, 5) is 12.4. The van der Waals surface area contributed by atoms with Crippen LogP contribution < -0.4 is 14.8 Å². The fourth-order valence-electron chi connectivity index (χ4n) is 2.97. The minimum Gasteiger partial charge on any atom is -0.493 e. The molecule has 0 aliphatic rings. The van der Waals surface area contributed by atoms with E-state index in [-0.39, 0.29) is 24.3 Å². The maximum atomic E-state index is 12.4. The number of rotatable bonds is 10. The van der Waals surface area contributed by atoms with Crippen LogP contribution in [0.1, 0.15) is 31.3 Å². The Labute approximate surface area is 180 Å². The molecule has 0 fully saturated rings. The van der Waals surface area contributed by atoms with E-state index >= 15 is 0 Å². The summed E-state index contributed by atoms with van der Waals surface area (Å²) in [7, 11) is 1.61. The van der Waals surface area contributed by atoms with Crippen molar-refractivity contribution in [2.75, 3.05) is 12.9 Å². The third-order valence-corrected chi connectivity index (χ3v) is 5.51. The topological polar surface area (TPSA) is 78.3 Å². The van der Waals surface area contributed by atoms with Crippen LogP contribution in [0.2, 0.25) is 0 Å². The molecule has 2 aromatic carbocycles. The van der Waals surface area contributed by atoms with E-state index in [1.165, 1.54) is 11.8 Å². The fraction of sp³-hybridized carbons (Fsp3) is 0.318. The van der Waals surface area contributed by atoms with Crippen molar-refractivity contribution in [2.24, 2.45) is 0 Å². The number of hydrogen-bond acceptors (Lipinski definition) is 6. The zero-order valence-corrected chi connectivity index (χ0v) is 18.2. The molecule has 3 rings (SSSR count). The van der Waals surface area contributed by atoms with Gasteiger partial charge in [0.2, 0.25) is 5.91 Å². The first-order valence-electron chi connectivity index (χ1n) is 9.77. The molecule has 0 spiro atoms. The number of ether oxygens (including phenoxy) is 2. The molecular formula is C22H26N4O3S. The van der Waals surface area contributed by atoms with Gasteiger partial charge in [-0.3, -0.25) is 4.79 Å². The third-order valence-electron chi connectivity index (χ3n) is 4.54. The molecule has 0 saturated carbocycles. The van der Waals surface area contributed by atoms with Crippen LogP contribution in [0, 0.1) is 0 Å². The molecule has 0 bridgehead atoms. The van der Waals surface area contributed by atoms with Crippen molar-refractivity contribution in [3.05, 3.63) is 66.0 Å². The number of hydrogen-bond donors (Lipinski definition) is 1. The summed E-state index contributed by atoms with van der Waals surface area (Å²) in [6.07, 6.45) is 0. The third kappa shape index (κ3) is 5.54. The van der Waals surface area contributed by atoms with E-state index in [4.69, 9.17) is 9.47 Å². The lowest BCUT2D eigenvalue weighted by Crippen LogP contribution is -2.28. The number of aromatic nitrogens is 3. The largest absolute Gasteiger partial charge is 0.493 e. The van der Waals surface area contributed by atoms with Crippen LogP contribution in [0.5, 0.6) is 11.5 Å². The van der Waals surface area contributed by atoms with Crippen molar-refractivity contribution in [1.29, 1.82) is 0 Å². The van der Waals surface area contributed by atoms with Crippen LogP contribution in [0.15, 0.2) is 59.8 Å². The Hall–Kier alpha value is -3.00. The lowest BCUT2D eigenvalue weighted by Gasteiger charge is -2.14. The molecule has 0 radical (unpaired) electrons. The summed E-state index contributed by atoms with van der Waals surface area (Å²) in [5.74, 6) is 2.23. The van der Waals surface area contributed by atoms with Crippen molar-refractivity contribution in [3.63, 3.8) is 0 Å². The molecule has 0 aliphatic heterocycles. The summed E-state index contributed by atoms with van der Waals surface area (Å²) < 4.78 is 13.1. The van der Waals surface area contributed by atoms with Gasteiger partial charge in [-0.15, -0.1) is 10.2 Å². The van der Waals surface area contributed by atoms with E-state index in [2.05, 4.69) is 15.5 Å². The van der Waals surface area contributed by atoms with Gasteiger partial charge in [0, 0.05) is 6.54 Å². The molecule has 1 N–H and O–H groups in total. The van der Waals surface area contributed by atoms with Crippen LogP contribution in [0.4, 0.5) is 0 Å². The Kier molecular flexibility index (Phi) is 7.73. The second-order valence-corrected chi connectivity index (χ2v) is 7.51. The van der Waals surface area contributed by atoms with Crippen molar-refractivity contribution in [2.45, 2.75) is 38.2 Å². The van der Waals surface area contributed by atoms with E-state index in [0.717, 1.165) is 5.56 Å². The van der Waals surface area contributed by atoms with E-state index in [0.29, 0.717) is 29.0 Å². The Morgan fingerprint density at radius 3 is 2.50 bits per heavy atom. The summed E-state index contributed by atoms with van der Waals surface area (Å²) in [6, 6.07) is 17.3. The van der Waals surface area contributed by atoms with E-state index in [1.54, 1.807) is 7.11 Å². The minimum atomic E-state index is -0.0480. The summed E-state index contributed by atoms with van der Waals surface area (Å²) in [5, 5.41) is 12.2. The Balaban J connectivity index is 1.57. The molecule has 1 atom stereocenters. The number of nitrogens with zero attached hydrogens (tertiary/aromatic N) is 3. The molecule has 8 heteroatoms. The summed E-state index contributed by atoms with van der Waals surface area (Å²) in [6.45, 7) is 4.93. The molecule has 0 unspecified atom stereocenters. The molecule has 30 heavy (non-hydrogen) atoms.